The van der Waals surface area contributed by atoms with Gasteiger partial charge in [-0.3, -0.25) is 0 Å². The number of carbonyl (C=O) groups excluding carboxylic acids is 2. The first-order valence-electron chi connectivity index (χ1n) is 5.70. The first kappa shape index (κ1) is 20.2. The first-order valence-corrected chi connectivity index (χ1v) is 8.19. The minimum Gasteiger partial charge on any atom is -0.480 e. The molecule has 0 aromatic rings. The van der Waals surface area contributed by atoms with E-state index in [1.54, 1.807) is 0 Å². The zero-order valence-corrected chi connectivity index (χ0v) is 13.4. The van der Waals surface area contributed by atoms with Gasteiger partial charge in [-0.05, 0) is 0 Å². The number of hydrogen-bond donors (Lipinski definition) is 4. The van der Waals surface area contributed by atoms with Crippen molar-refractivity contribution in [3.05, 3.63) is 0 Å². The highest BCUT2D eigenvalue weighted by atomic mass is 33.1. The Hall–Kier alpha value is -1.82. The molecule has 0 aromatic heterocycles. The molecular weight excluding hydrogens is 340 g/mol. The third-order valence-corrected chi connectivity index (χ3v) is 4.53. The molecule has 0 saturated carbocycles. The summed E-state index contributed by atoms with van der Waals surface area (Å²) in [6.07, 6.45) is -1.76. The fourth-order valence-corrected chi connectivity index (χ4v) is 3.29. The van der Waals surface area contributed by atoms with E-state index < -0.39 is 36.2 Å². The highest BCUT2D eigenvalue weighted by molar-refractivity contribution is 8.76. The number of ether oxygens (including phenoxy) is 2. The Labute approximate surface area is 133 Å². The standard InChI is InChI=1S/C10H16N2O8S2/c1-19-9(17)11-5(7(13)14)3-21-22-4-6(8(15)16)12-10(18)20-2/h5-6H,3-4H2,1-2H3,(H,11,17)(H,12,18)(H,13,14)(H,15,16). The normalized spacial score (nSPS) is 12.6. The van der Waals surface area contributed by atoms with Crippen LogP contribution in [0.5, 0.6) is 0 Å². The van der Waals surface area contributed by atoms with E-state index in [0.29, 0.717) is 0 Å². The van der Waals surface area contributed by atoms with Crippen molar-refractivity contribution in [2.45, 2.75) is 12.1 Å². The zero-order valence-electron chi connectivity index (χ0n) is 11.7. The van der Waals surface area contributed by atoms with Gasteiger partial charge in [0.05, 0.1) is 14.2 Å². The van der Waals surface area contributed by atoms with Gasteiger partial charge < -0.3 is 30.3 Å². The smallest absolute Gasteiger partial charge is 0.407 e. The van der Waals surface area contributed by atoms with Gasteiger partial charge in [-0.1, -0.05) is 21.6 Å². The van der Waals surface area contributed by atoms with Gasteiger partial charge in [0, 0.05) is 11.5 Å². The number of rotatable bonds is 9. The molecule has 0 radical (unpaired) electrons. The van der Waals surface area contributed by atoms with Gasteiger partial charge in [0.15, 0.2) is 0 Å². The van der Waals surface area contributed by atoms with Gasteiger partial charge in [0.1, 0.15) is 12.1 Å². The summed E-state index contributed by atoms with van der Waals surface area (Å²) < 4.78 is 8.59. The molecule has 22 heavy (non-hydrogen) atoms. The van der Waals surface area contributed by atoms with Crippen LogP contribution in [0.25, 0.3) is 0 Å². The molecule has 0 fully saturated rings. The number of amides is 2. The second kappa shape index (κ2) is 10.8. The number of methoxy groups -OCH3 is 2. The fourth-order valence-electron chi connectivity index (χ4n) is 0.984. The van der Waals surface area contributed by atoms with Crippen molar-refractivity contribution < 1.29 is 38.9 Å². The second-order valence-electron chi connectivity index (χ2n) is 3.62. The van der Waals surface area contributed by atoms with E-state index in [0.717, 1.165) is 35.8 Å². The van der Waals surface area contributed by atoms with Crippen molar-refractivity contribution in [2.24, 2.45) is 0 Å². The Morgan fingerprint density at radius 2 is 1.18 bits per heavy atom. The van der Waals surface area contributed by atoms with Crippen molar-refractivity contribution in [1.82, 2.24) is 10.6 Å². The summed E-state index contributed by atoms with van der Waals surface area (Å²) in [6, 6.07) is -2.36. The molecule has 0 aliphatic rings. The van der Waals surface area contributed by atoms with Gasteiger partial charge in [-0.2, -0.15) is 0 Å². The number of aliphatic carboxylic acids is 2. The fraction of sp³-hybridized carbons (Fsp3) is 0.600. The van der Waals surface area contributed by atoms with E-state index >= 15 is 0 Å². The monoisotopic (exact) mass is 356 g/mol. The van der Waals surface area contributed by atoms with Gasteiger partial charge in [0.25, 0.3) is 0 Å². The van der Waals surface area contributed by atoms with Crippen LogP contribution in [0.4, 0.5) is 9.59 Å². The molecule has 0 heterocycles. The van der Waals surface area contributed by atoms with E-state index in [9.17, 15) is 19.2 Å². The molecule has 2 atom stereocenters. The lowest BCUT2D eigenvalue weighted by atomic mass is 10.3. The van der Waals surface area contributed by atoms with Gasteiger partial charge in [-0.25, -0.2) is 19.2 Å². The third kappa shape index (κ3) is 8.46. The summed E-state index contributed by atoms with van der Waals surface area (Å²) in [4.78, 5) is 43.7. The van der Waals surface area contributed by atoms with Crippen LogP contribution >= 0.6 is 21.6 Å². The average molecular weight is 356 g/mol. The summed E-state index contributed by atoms with van der Waals surface area (Å²) in [5.41, 5.74) is 0. The maximum atomic E-state index is 11.0. The van der Waals surface area contributed by atoms with E-state index in [-0.39, 0.29) is 11.5 Å². The number of carbonyl (C=O) groups is 4. The quantitative estimate of drug-likeness (QED) is 0.328. The van der Waals surface area contributed by atoms with Crippen molar-refractivity contribution in [3.63, 3.8) is 0 Å². The summed E-state index contributed by atoms with van der Waals surface area (Å²) >= 11 is 0. The van der Waals surface area contributed by atoms with E-state index in [2.05, 4.69) is 20.1 Å². The molecule has 10 nitrogen and oxygen atoms in total. The van der Waals surface area contributed by atoms with E-state index in [1.165, 1.54) is 0 Å². The molecule has 0 aromatic carbocycles. The Morgan fingerprint density at radius 1 is 0.864 bits per heavy atom. The SMILES string of the molecule is COC(=O)NC(CSSCC(NC(=O)OC)C(=O)O)C(=O)O. The Balaban J connectivity index is 4.24. The predicted molar refractivity (Wildman–Crippen MR) is 78.8 cm³/mol. The van der Waals surface area contributed by atoms with Crippen LogP contribution in [0.15, 0.2) is 0 Å². The van der Waals surface area contributed by atoms with Crippen LogP contribution in [0.2, 0.25) is 0 Å². The van der Waals surface area contributed by atoms with Crippen molar-refractivity contribution in [2.75, 3.05) is 25.7 Å². The molecule has 0 spiro atoms. The predicted octanol–water partition coefficient (Wildman–Crippen LogP) is -0.0138. The van der Waals surface area contributed by atoms with Gasteiger partial charge >= 0.3 is 24.1 Å². The van der Waals surface area contributed by atoms with E-state index in [1.807, 2.05) is 0 Å². The topological polar surface area (TPSA) is 151 Å². The van der Waals surface area contributed by atoms with Crippen LogP contribution < -0.4 is 10.6 Å². The number of hydrogen-bond acceptors (Lipinski definition) is 8. The van der Waals surface area contributed by atoms with Crippen molar-refractivity contribution >= 4 is 45.7 Å². The molecule has 0 rings (SSSR count). The molecule has 126 valence electrons. The molecule has 2 unspecified atom stereocenters. The van der Waals surface area contributed by atoms with Crippen LogP contribution in [-0.2, 0) is 19.1 Å². The molecule has 2 amide bonds. The Bertz CT molecular complexity index is 382. The van der Waals surface area contributed by atoms with Crippen LogP contribution in [0.3, 0.4) is 0 Å². The van der Waals surface area contributed by atoms with Gasteiger partial charge in [-0.15, -0.1) is 0 Å². The lowest BCUT2D eigenvalue weighted by Gasteiger charge is -2.15. The van der Waals surface area contributed by atoms with Crippen LogP contribution in [0, 0.1) is 0 Å². The lowest BCUT2D eigenvalue weighted by molar-refractivity contribution is -0.139. The van der Waals surface area contributed by atoms with Crippen LogP contribution in [0.1, 0.15) is 0 Å². The Morgan fingerprint density at radius 3 is 1.41 bits per heavy atom. The summed E-state index contributed by atoms with van der Waals surface area (Å²) in [5, 5.41) is 22.0. The average Bonchev–Trinajstić information content (AvgIpc) is 2.47. The molecule has 4 N–H and O–H groups in total. The first-order chi connectivity index (χ1) is 10.3. The largest absolute Gasteiger partial charge is 0.480 e. The van der Waals surface area contributed by atoms with Crippen LogP contribution in [-0.4, -0.2) is 72.1 Å². The highest BCUT2D eigenvalue weighted by Crippen LogP contribution is 2.23. The minimum absolute atomic E-state index is 0.0142. The molecule has 0 bridgehead atoms. The molecule has 0 saturated heterocycles. The number of nitrogens with one attached hydrogen (secondary N) is 2. The zero-order chi connectivity index (χ0) is 17.1. The molecular formula is C10H16N2O8S2. The second-order valence-corrected chi connectivity index (χ2v) is 6.17. The molecule has 12 heteroatoms. The maximum absolute atomic E-state index is 11.0. The molecule has 0 aliphatic carbocycles. The molecule has 0 aliphatic heterocycles. The summed E-state index contributed by atoms with van der Waals surface area (Å²) in [6.45, 7) is 0. The summed E-state index contributed by atoms with van der Waals surface area (Å²) in [7, 11) is 4.27. The summed E-state index contributed by atoms with van der Waals surface area (Å²) in [5.74, 6) is -2.53. The van der Waals surface area contributed by atoms with E-state index in [4.69, 9.17) is 10.2 Å². The minimum atomic E-state index is -1.25. The third-order valence-electron chi connectivity index (χ3n) is 2.10. The maximum Gasteiger partial charge on any atom is 0.407 e. The number of carboxylic acids is 2. The van der Waals surface area contributed by atoms with Gasteiger partial charge in [0.2, 0.25) is 0 Å². The van der Waals surface area contributed by atoms with Crippen molar-refractivity contribution in [3.8, 4) is 0 Å². The number of alkyl carbamates (subject to hydrolysis) is 2. The lowest BCUT2D eigenvalue weighted by Crippen LogP contribution is -2.43. The highest BCUT2D eigenvalue weighted by Gasteiger charge is 2.23. The Kier molecular flexibility index (Phi) is 9.95. The van der Waals surface area contributed by atoms with Crippen molar-refractivity contribution in [1.29, 1.82) is 0 Å². The number of carboxylic acid groups (broad SMARTS) is 2.